The topological polar surface area (TPSA) is 49.3 Å². The van der Waals surface area contributed by atoms with Crippen LogP contribution in [0.25, 0.3) is 0 Å². The lowest BCUT2D eigenvalue weighted by Gasteiger charge is -2.10. The van der Waals surface area contributed by atoms with E-state index in [4.69, 9.17) is 5.11 Å². The Bertz CT molecular complexity index is 656. The number of anilines is 1. The van der Waals surface area contributed by atoms with E-state index in [1.165, 1.54) is 24.3 Å². The molecule has 2 rings (SSSR count). The van der Waals surface area contributed by atoms with E-state index in [0.29, 0.717) is 12.1 Å². The van der Waals surface area contributed by atoms with Gasteiger partial charge in [-0.1, -0.05) is 6.07 Å². The first-order valence-electron chi connectivity index (χ1n) is 5.99. The molecule has 0 bridgehead atoms. The van der Waals surface area contributed by atoms with E-state index in [1.54, 1.807) is 19.1 Å². The first-order chi connectivity index (χ1) is 9.47. The summed E-state index contributed by atoms with van der Waals surface area (Å²) < 4.78 is 26.5. The van der Waals surface area contributed by atoms with Crippen molar-refractivity contribution in [1.82, 2.24) is 0 Å². The normalized spacial score (nSPS) is 10.3. The minimum Gasteiger partial charge on any atom is -0.478 e. The number of carbonyl (C=O) groups is 1. The van der Waals surface area contributed by atoms with E-state index >= 15 is 0 Å². The molecule has 0 fully saturated rings. The Labute approximate surface area is 114 Å². The highest BCUT2D eigenvalue weighted by Crippen LogP contribution is 2.17. The lowest BCUT2D eigenvalue weighted by Crippen LogP contribution is -2.05. The minimum atomic E-state index is -1.30. The predicted octanol–water partition coefficient (Wildman–Crippen LogP) is 3.58. The third-order valence-electron chi connectivity index (χ3n) is 2.94. The molecular formula is C15H13F2NO2. The van der Waals surface area contributed by atoms with Crippen molar-refractivity contribution in [3.05, 3.63) is 64.7 Å². The van der Waals surface area contributed by atoms with Gasteiger partial charge in [0, 0.05) is 12.2 Å². The summed E-state index contributed by atoms with van der Waals surface area (Å²) in [6.45, 7) is 2.09. The van der Waals surface area contributed by atoms with E-state index in [1.807, 2.05) is 0 Å². The summed E-state index contributed by atoms with van der Waals surface area (Å²) in [5.74, 6) is -2.38. The summed E-state index contributed by atoms with van der Waals surface area (Å²) in [5, 5.41) is 11.8. The van der Waals surface area contributed by atoms with Crippen LogP contribution in [-0.4, -0.2) is 11.1 Å². The molecule has 0 saturated heterocycles. The molecule has 0 unspecified atom stereocenters. The molecule has 2 aromatic carbocycles. The number of aryl methyl sites for hydroxylation is 1. The fourth-order valence-corrected chi connectivity index (χ4v) is 1.86. The molecule has 0 saturated carbocycles. The highest BCUT2D eigenvalue weighted by Gasteiger charge is 2.10. The van der Waals surface area contributed by atoms with Gasteiger partial charge >= 0.3 is 5.97 Å². The fraction of sp³-hybridized carbons (Fsp3) is 0.133. The minimum absolute atomic E-state index is 0.315. The average molecular weight is 277 g/mol. The van der Waals surface area contributed by atoms with Gasteiger partial charge in [-0.15, -0.1) is 0 Å². The SMILES string of the molecule is Cc1cc(F)ccc1NCc1ccc(C(=O)O)c(F)c1. The highest BCUT2D eigenvalue weighted by molar-refractivity contribution is 5.87. The molecule has 0 amide bonds. The summed E-state index contributed by atoms with van der Waals surface area (Å²) in [7, 11) is 0. The zero-order valence-electron chi connectivity index (χ0n) is 10.8. The van der Waals surface area contributed by atoms with Crippen molar-refractivity contribution < 1.29 is 18.7 Å². The molecule has 0 aliphatic carbocycles. The molecule has 0 heterocycles. The first-order valence-corrected chi connectivity index (χ1v) is 5.99. The Hall–Kier alpha value is -2.43. The van der Waals surface area contributed by atoms with Crippen LogP contribution < -0.4 is 5.32 Å². The molecule has 3 nitrogen and oxygen atoms in total. The van der Waals surface area contributed by atoms with Crippen LogP contribution in [-0.2, 0) is 6.54 Å². The quantitative estimate of drug-likeness (QED) is 0.898. The van der Waals surface area contributed by atoms with Gasteiger partial charge in [0.2, 0.25) is 0 Å². The molecule has 5 heteroatoms. The van der Waals surface area contributed by atoms with E-state index in [0.717, 1.165) is 11.3 Å². The van der Waals surface area contributed by atoms with Crippen LogP contribution in [0, 0.1) is 18.6 Å². The van der Waals surface area contributed by atoms with E-state index in [-0.39, 0.29) is 11.4 Å². The average Bonchev–Trinajstić information content (AvgIpc) is 2.37. The Balaban J connectivity index is 2.11. The second-order valence-electron chi connectivity index (χ2n) is 4.43. The number of hydrogen-bond donors (Lipinski definition) is 2. The van der Waals surface area contributed by atoms with Crippen LogP contribution in [0.15, 0.2) is 36.4 Å². The Morgan fingerprint density at radius 1 is 1.20 bits per heavy atom. The van der Waals surface area contributed by atoms with E-state index in [9.17, 15) is 13.6 Å². The predicted molar refractivity (Wildman–Crippen MR) is 71.8 cm³/mol. The van der Waals surface area contributed by atoms with Gasteiger partial charge in [0.25, 0.3) is 0 Å². The van der Waals surface area contributed by atoms with E-state index in [2.05, 4.69) is 5.32 Å². The number of carboxylic acid groups (broad SMARTS) is 1. The van der Waals surface area contributed by atoms with Gasteiger partial charge in [-0.25, -0.2) is 13.6 Å². The standard InChI is InChI=1S/C15H13F2NO2/c1-9-6-11(16)3-5-14(9)18-8-10-2-4-12(15(19)20)13(17)7-10/h2-7,18H,8H2,1H3,(H,19,20). The summed E-state index contributed by atoms with van der Waals surface area (Å²) in [6, 6.07) is 8.28. The largest absolute Gasteiger partial charge is 0.478 e. The number of rotatable bonds is 4. The van der Waals surface area contributed by atoms with Crippen molar-refractivity contribution in [3.8, 4) is 0 Å². The maximum Gasteiger partial charge on any atom is 0.338 e. The number of benzene rings is 2. The van der Waals surface area contributed by atoms with Crippen molar-refractivity contribution >= 4 is 11.7 Å². The second-order valence-corrected chi connectivity index (χ2v) is 4.43. The van der Waals surface area contributed by atoms with Crippen LogP contribution in [0.2, 0.25) is 0 Å². The van der Waals surface area contributed by atoms with Gasteiger partial charge in [0.15, 0.2) is 0 Å². The summed E-state index contributed by atoms with van der Waals surface area (Å²) >= 11 is 0. The van der Waals surface area contributed by atoms with Crippen molar-refractivity contribution in [2.45, 2.75) is 13.5 Å². The van der Waals surface area contributed by atoms with Crippen molar-refractivity contribution in [2.24, 2.45) is 0 Å². The van der Waals surface area contributed by atoms with Crippen molar-refractivity contribution in [1.29, 1.82) is 0 Å². The summed E-state index contributed by atoms with van der Waals surface area (Å²) in [5.41, 5.74) is 1.74. The Morgan fingerprint density at radius 2 is 1.95 bits per heavy atom. The molecular weight excluding hydrogens is 264 g/mol. The van der Waals surface area contributed by atoms with Gasteiger partial charge in [0.1, 0.15) is 11.6 Å². The van der Waals surface area contributed by atoms with Crippen LogP contribution in [0.3, 0.4) is 0 Å². The summed E-state index contributed by atoms with van der Waals surface area (Å²) in [6.07, 6.45) is 0. The molecule has 0 radical (unpaired) electrons. The lowest BCUT2D eigenvalue weighted by molar-refractivity contribution is 0.0692. The van der Waals surface area contributed by atoms with Crippen molar-refractivity contribution in [2.75, 3.05) is 5.32 Å². The number of halogens is 2. The molecule has 0 spiro atoms. The van der Waals surface area contributed by atoms with Gasteiger partial charge in [-0.2, -0.15) is 0 Å². The third-order valence-corrected chi connectivity index (χ3v) is 2.94. The molecule has 20 heavy (non-hydrogen) atoms. The Morgan fingerprint density at radius 3 is 2.55 bits per heavy atom. The zero-order valence-corrected chi connectivity index (χ0v) is 10.8. The maximum absolute atomic E-state index is 13.5. The number of nitrogens with one attached hydrogen (secondary N) is 1. The number of carboxylic acids is 1. The summed E-state index contributed by atoms with van der Waals surface area (Å²) in [4.78, 5) is 10.7. The smallest absolute Gasteiger partial charge is 0.338 e. The molecule has 2 N–H and O–H groups in total. The Kier molecular flexibility index (Phi) is 3.98. The maximum atomic E-state index is 13.5. The number of aromatic carboxylic acids is 1. The highest BCUT2D eigenvalue weighted by atomic mass is 19.1. The molecule has 0 atom stereocenters. The molecule has 0 aliphatic rings. The second kappa shape index (κ2) is 5.69. The third kappa shape index (κ3) is 3.12. The van der Waals surface area contributed by atoms with Gasteiger partial charge in [0.05, 0.1) is 5.56 Å². The monoisotopic (exact) mass is 277 g/mol. The number of hydrogen-bond acceptors (Lipinski definition) is 2. The fourth-order valence-electron chi connectivity index (χ4n) is 1.86. The van der Waals surface area contributed by atoms with Crippen LogP contribution in [0.1, 0.15) is 21.5 Å². The van der Waals surface area contributed by atoms with Crippen LogP contribution in [0.4, 0.5) is 14.5 Å². The first kappa shape index (κ1) is 14.0. The van der Waals surface area contributed by atoms with Crippen LogP contribution in [0.5, 0.6) is 0 Å². The molecule has 104 valence electrons. The van der Waals surface area contributed by atoms with Crippen LogP contribution >= 0.6 is 0 Å². The zero-order chi connectivity index (χ0) is 14.7. The molecule has 0 aliphatic heterocycles. The molecule has 0 aromatic heterocycles. The van der Waals surface area contributed by atoms with E-state index < -0.39 is 11.8 Å². The van der Waals surface area contributed by atoms with Gasteiger partial charge in [-0.3, -0.25) is 0 Å². The van der Waals surface area contributed by atoms with Gasteiger partial charge in [-0.05, 0) is 48.4 Å². The molecule has 2 aromatic rings. The van der Waals surface area contributed by atoms with Gasteiger partial charge < -0.3 is 10.4 Å². The lowest BCUT2D eigenvalue weighted by atomic mass is 10.1. The van der Waals surface area contributed by atoms with Crippen molar-refractivity contribution in [3.63, 3.8) is 0 Å².